The minimum Gasteiger partial charge on any atom is -0.289 e. The van der Waals surface area contributed by atoms with E-state index in [0.29, 0.717) is 18.6 Å². The topological polar surface area (TPSA) is 41.6 Å². The number of hydrogen-bond acceptors (Lipinski definition) is 3. The van der Waals surface area contributed by atoms with Gasteiger partial charge in [0.15, 0.2) is 0 Å². The van der Waals surface area contributed by atoms with Crippen LogP contribution >= 0.6 is 0 Å². The Bertz CT molecular complexity index is 174. The highest BCUT2D eigenvalue weighted by atomic mass is 16.6. The molecule has 1 saturated heterocycles. The van der Waals surface area contributed by atoms with Crippen LogP contribution in [0.15, 0.2) is 0 Å². The first-order chi connectivity index (χ1) is 6.15. The van der Waals surface area contributed by atoms with Gasteiger partial charge in [0.1, 0.15) is 0 Å². The average Bonchev–Trinajstić information content (AvgIpc) is 2.36. The average molecular weight is 186 g/mol. The van der Waals surface area contributed by atoms with Gasteiger partial charge in [0.25, 0.3) is 5.91 Å². The first-order valence-corrected chi connectivity index (χ1v) is 4.72. The summed E-state index contributed by atoms with van der Waals surface area (Å²) in [6.07, 6.45) is 2.36. The van der Waals surface area contributed by atoms with E-state index < -0.39 is 0 Å². The lowest BCUT2D eigenvalue weighted by molar-refractivity contribution is -0.133. The molecule has 1 rings (SSSR count). The molecule has 0 aromatic carbocycles. The first-order valence-electron chi connectivity index (χ1n) is 4.72. The van der Waals surface area contributed by atoms with E-state index in [4.69, 9.17) is 0 Å². The number of hydroxylamine groups is 1. The molecule has 1 amide bonds. The summed E-state index contributed by atoms with van der Waals surface area (Å²) in [6.45, 7) is 4.75. The van der Waals surface area contributed by atoms with Gasteiger partial charge in [-0.15, -0.1) is 0 Å². The normalized spacial score (nSPS) is 29.2. The van der Waals surface area contributed by atoms with Crippen molar-refractivity contribution in [2.75, 3.05) is 13.7 Å². The maximum absolute atomic E-state index is 11.2. The number of nitrogens with zero attached hydrogens (tertiary/aromatic N) is 1. The van der Waals surface area contributed by atoms with Crippen LogP contribution in [0.25, 0.3) is 0 Å². The zero-order valence-corrected chi connectivity index (χ0v) is 8.54. The molecule has 2 unspecified atom stereocenters. The molecule has 2 atom stereocenters. The van der Waals surface area contributed by atoms with E-state index in [2.05, 4.69) is 29.1 Å². The number of nitrogens with one attached hydrogen (secondary N) is 1. The van der Waals surface area contributed by atoms with Gasteiger partial charge in [0.05, 0.1) is 13.7 Å². The summed E-state index contributed by atoms with van der Waals surface area (Å²) in [5.41, 5.74) is 2.33. The first kappa shape index (κ1) is 10.5. The van der Waals surface area contributed by atoms with Crippen molar-refractivity contribution in [2.24, 2.45) is 0 Å². The maximum atomic E-state index is 11.2. The lowest BCUT2D eigenvalue weighted by atomic mass is 10.2. The minimum absolute atomic E-state index is 0.0666. The van der Waals surface area contributed by atoms with E-state index in [9.17, 15) is 4.79 Å². The second-order valence-corrected chi connectivity index (χ2v) is 3.68. The Labute approximate surface area is 79.2 Å². The number of hydrogen-bond donors (Lipinski definition) is 1. The molecule has 1 heterocycles. The second-order valence-electron chi connectivity index (χ2n) is 3.68. The van der Waals surface area contributed by atoms with Gasteiger partial charge < -0.3 is 0 Å². The molecule has 0 bridgehead atoms. The SMILES string of the molecule is CONC(=O)CN1C(C)CCC1C. The lowest BCUT2D eigenvalue weighted by Crippen LogP contribution is -2.41. The number of carbonyl (C=O) groups excluding carboxylic acids is 1. The van der Waals surface area contributed by atoms with Crippen molar-refractivity contribution in [1.29, 1.82) is 0 Å². The molecule has 0 aliphatic carbocycles. The highest BCUT2D eigenvalue weighted by Crippen LogP contribution is 2.22. The van der Waals surface area contributed by atoms with Crippen molar-refractivity contribution < 1.29 is 9.63 Å². The highest BCUT2D eigenvalue weighted by Gasteiger charge is 2.28. The third kappa shape index (κ3) is 2.67. The largest absolute Gasteiger partial charge is 0.289 e. The van der Waals surface area contributed by atoms with Crippen LogP contribution < -0.4 is 5.48 Å². The quantitative estimate of drug-likeness (QED) is 0.654. The minimum atomic E-state index is -0.0666. The Hall–Kier alpha value is -0.610. The van der Waals surface area contributed by atoms with E-state index in [1.807, 2.05) is 0 Å². The number of carbonyl (C=O) groups is 1. The fraction of sp³-hybridized carbons (Fsp3) is 0.889. The molecule has 76 valence electrons. The zero-order chi connectivity index (χ0) is 9.84. The fourth-order valence-corrected chi connectivity index (χ4v) is 1.87. The van der Waals surface area contributed by atoms with Crippen LogP contribution in [0, 0.1) is 0 Å². The predicted molar refractivity (Wildman–Crippen MR) is 50.0 cm³/mol. The second kappa shape index (κ2) is 4.58. The standard InChI is InChI=1S/C9H18N2O2/c1-7-4-5-8(2)11(7)6-9(12)10-13-3/h7-8H,4-6H2,1-3H3,(H,10,12). The molecule has 0 radical (unpaired) electrons. The monoisotopic (exact) mass is 186 g/mol. The van der Waals surface area contributed by atoms with Crippen LogP contribution in [-0.4, -0.2) is 36.5 Å². The molecule has 4 heteroatoms. The number of amides is 1. The van der Waals surface area contributed by atoms with Gasteiger partial charge in [-0.2, -0.15) is 0 Å². The van der Waals surface area contributed by atoms with Crippen LogP contribution in [0.5, 0.6) is 0 Å². The van der Waals surface area contributed by atoms with E-state index in [-0.39, 0.29) is 5.91 Å². The van der Waals surface area contributed by atoms with Crippen LogP contribution in [0.1, 0.15) is 26.7 Å². The lowest BCUT2D eigenvalue weighted by Gasteiger charge is -2.24. The van der Waals surface area contributed by atoms with Gasteiger partial charge in [-0.1, -0.05) is 0 Å². The van der Waals surface area contributed by atoms with E-state index in [1.165, 1.54) is 20.0 Å². The molecule has 0 spiro atoms. The molecule has 1 fully saturated rings. The van der Waals surface area contributed by atoms with Crippen LogP contribution in [0.2, 0.25) is 0 Å². The Morgan fingerprint density at radius 3 is 2.46 bits per heavy atom. The summed E-state index contributed by atoms with van der Waals surface area (Å²) >= 11 is 0. The van der Waals surface area contributed by atoms with Gasteiger partial charge in [0, 0.05) is 12.1 Å². The highest BCUT2D eigenvalue weighted by molar-refractivity contribution is 5.77. The van der Waals surface area contributed by atoms with Gasteiger partial charge in [-0.3, -0.25) is 14.5 Å². The van der Waals surface area contributed by atoms with Gasteiger partial charge in [-0.05, 0) is 26.7 Å². The van der Waals surface area contributed by atoms with E-state index in [1.54, 1.807) is 0 Å². The van der Waals surface area contributed by atoms with Crippen molar-refractivity contribution in [2.45, 2.75) is 38.8 Å². The molecule has 1 N–H and O–H groups in total. The molecule has 0 aromatic heterocycles. The Morgan fingerprint density at radius 1 is 1.46 bits per heavy atom. The van der Waals surface area contributed by atoms with Crippen molar-refractivity contribution >= 4 is 5.91 Å². The Morgan fingerprint density at radius 2 is 2.00 bits per heavy atom. The summed E-state index contributed by atoms with van der Waals surface area (Å²) in [4.78, 5) is 18.0. The van der Waals surface area contributed by atoms with Crippen molar-refractivity contribution in [3.63, 3.8) is 0 Å². The third-order valence-corrected chi connectivity index (χ3v) is 2.68. The zero-order valence-electron chi connectivity index (χ0n) is 8.54. The van der Waals surface area contributed by atoms with E-state index in [0.717, 1.165) is 0 Å². The molecule has 1 aliphatic heterocycles. The van der Waals surface area contributed by atoms with Crippen molar-refractivity contribution in [1.82, 2.24) is 10.4 Å². The van der Waals surface area contributed by atoms with Gasteiger partial charge in [0.2, 0.25) is 0 Å². The third-order valence-electron chi connectivity index (χ3n) is 2.68. The maximum Gasteiger partial charge on any atom is 0.257 e. The summed E-state index contributed by atoms with van der Waals surface area (Å²) in [5.74, 6) is -0.0666. The molecule has 1 aliphatic rings. The summed E-state index contributed by atoms with van der Waals surface area (Å²) in [7, 11) is 1.45. The smallest absolute Gasteiger partial charge is 0.257 e. The van der Waals surface area contributed by atoms with Gasteiger partial charge in [-0.25, -0.2) is 5.48 Å². The molecular formula is C9H18N2O2. The Kier molecular flexibility index (Phi) is 3.69. The van der Waals surface area contributed by atoms with Crippen molar-refractivity contribution in [3.05, 3.63) is 0 Å². The number of likely N-dealkylation sites (tertiary alicyclic amines) is 1. The van der Waals surface area contributed by atoms with E-state index >= 15 is 0 Å². The number of rotatable bonds is 3. The summed E-state index contributed by atoms with van der Waals surface area (Å²) in [6, 6.07) is 1.02. The van der Waals surface area contributed by atoms with Gasteiger partial charge >= 0.3 is 0 Å². The molecule has 0 aromatic rings. The molecular weight excluding hydrogens is 168 g/mol. The molecule has 13 heavy (non-hydrogen) atoms. The van der Waals surface area contributed by atoms with Crippen LogP contribution in [0.4, 0.5) is 0 Å². The van der Waals surface area contributed by atoms with Crippen LogP contribution in [0.3, 0.4) is 0 Å². The summed E-state index contributed by atoms with van der Waals surface area (Å²) < 4.78 is 0. The molecule has 0 saturated carbocycles. The van der Waals surface area contributed by atoms with Crippen molar-refractivity contribution in [3.8, 4) is 0 Å². The molecule has 4 nitrogen and oxygen atoms in total. The predicted octanol–water partition coefficient (Wildman–Crippen LogP) is 0.537. The Balaban J connectivity index is 2.38. The summed E-state index contributed by atoms with van der Waals surface area (Å²) in [5, 5.41) is 0. The van der Waals surface area contributed by atoms with Crippen LogP contribution in [-0.2, 0) is 9.63 Å². The fourth-order valence-electron chi connectivity index (χ4n) is 1.87.